The number of hydrogen-bond donors (Lipinski definition) is 4. The SMILES string of the molecule is CCC1(CC)CC(=O)N([C@H]2CCS(=O)(=O)c3ccc(C(=O)N[C@@H]4c5ccccc5C[C@]4(C)O)cc32)C(=N)N1. The highest BCUT2D eigenvalue weighted by molar-refractivity contribution is 7.91. The normalized spacial score (nSPS) is 27.3. The highest BCUT2D eigenvalue weighted by Crippen LogP contribution is 2.41. The van der Waals surface area contributed by atoms with Gasteiger partial charge in [0.25, 0.3) is 5.91 Å². The second kappa shape index (κ2) is 9.20. The Bertz CT molecular complexity index is 1410. The van der Waals surface area contributed by atoms with Crippen LogP contribution in [-0.2, 0) is 21.1 Å². The number of amides is 2. The van der Waals surface area contributed by atoms with Crippen LogP contribution in [0.25, 0.3) is 0 Å². The average Bonchev–Trinajstić information content (AvgIpc) is 3.13. The Kier molecular flexibility index (Phi) is 6.38. The van der Waals surface area contributed by atoms with Gasteiger partial charge in [0.05, 0.1) is 34.8 Å². The van der Waals surface area contributed by atoms with Crippen molar-refractivity contribution < 1.29 is 23.1 Å². The van der Waals surface area contributed by atoms with E-state index >= 15 is 0 Å². The van der Waals surface area contributed by atoms with Gasteiger partial charge in [-0.15, -0.1) is 0 Å². The zero-order valence-corrected chi connectivity index (χ0v) is 22.7. The molecule has 10 heteroatoms. The van der Waals surface area contributed by atoms with Gasteiger partial charge >= 0.3 is 0 Å². The molecule has 2 aromatic rings. The smallest absolute Gasteiger partial charge is 0.251 e. The molecule has 3 atom stereocenters. The molecule has 0 unspecified atom stereocenters. The topological polar surface area (TPSA) is 140 Å². The molecule has 0 saturated carbocycles. The quantitative estimate of drug-likeness (QED) is 0.462. The van der Waals surface area contributed by atoms with E-state index < -0.39 is 39.0 Å². The number of guanidine groups is 1. The molecule has 0 radical (unpaired) electrons. The van der Waals surface area contributed by atoms with Crippen LogP contribution >= 0.6 is 0 Å². The van der Waals surface area contributed by atoms with Crippen LogP contribution < -0.4 is 10.6 Å². The average molecular weight is 539 g/mol. The summed E-state index contributed by atoms with van der Waals surface area (Å²) in [6.45, 7) is 5.63. The van der Waals surface area contributed by atoms with Crippen molar-refractivity contribution in [3.8, 4) is 0 Å². The summed E-state index contributed by atoms with van der Waals surface area (Å²) in [5, 5.41) is 25.8. The maximum Gasteiger partial charge on any atom is 0.251 e. The molecule has 1 aliphatic carbocycles. The molecule has 0 spiro atoms. The number of nitrogens with zero attached hydrogens (tertiary/aromatic N) is 1. The van der Waals surface area contributed by atoms with Crippen LogP contribution in [0.3, 0.4) is 0 Å². The molecule has 9 nitrogen and oxygen atoms in total. The molecular weight excluding hydrogens is 504 g/mol. The second-order valence-electron chi connectivity index (χ2n) is 10.9. The van der Waals surface area contributed by atoms with Crippen LogP contribution in [0, 0.1) is 5.41 Å². The first-order chi connectivity index (χ1) is 17.9. The highest BCUT2D eigenvalue weighted by atomic mass is 32.2. The number of fused-ring (bicyclic) bond motifs is 2. The molecule has 4 N–H and O–H groups in total. The molecule has 0 aromatic heterocycles. The third-order valence-electron chi connectivity index (χ3n) is 8.49. The van der Waals surface area contributed by atoms with Crippen molar-refractivity contribution in [2.24, 2.45) is 0 Å². The lowest BCUT2D eigenvalue weighted by Gasteiger charge is -2.45. The van der Waals surface area contributed by atoms with Gasteiger partial charge in [0.1, 0.15) is 0 Å². The first kappa shape index (κ1) is 26.4. The Morgan fingerprint density at radius 1 is 1.16 bits per heavy atom. The highest BCUT2D eigenvalue weighted by Gasteiger charge is 2.45. The van der Waals surface area contributed by atoms with E-state index in [-0.39, 0.29) is 40.9 Å². The van der Waals surface area contributed by atoms with Gasteiger partial charge in [0, 0.05) is 17.5 Å². The minimum atomic E-state index is -3.60. The summed E-state index contributed by atoms with van der Waals surface area (Å²) in [4.78, 5) is 28.2. The molecule has 3 aliphatic rings. The first-order valence-electron chi connectivity index (χ1n) is 13.1. The predicted molar refractivity (Wildman–Crippen MR) is 142 cm³/mol. The summed E-state index contributed by atoms with van der Waals surface area (Å²) in [5.41, 5.74) is 0.701. The van der Waals surface area contributed by atoms with Crippen LogP contribution in [0.5, 0.6) is 0 Å². The maximum atomic E-state index is 13.4. The summed E-state index contributed by atoms with van der Waals surface area (Å²) in [6.07, 6.45) is 2.10. The van der Waals surface area contributed by atoms with Gasteiger partial charge in [-0.05, 0) is 61.1 Å². The van der Waals surface area contributed by atoms with E-state index in [1.165, 1.54) is 23.1 Å². The van der Waals surface area contributed by atoms with E-state index in [1.54, 1.807) is 6.92 Å². The van der Waals surface area contributed by atoms with Gasteiger partial charge in [-0.25, -0.2) is 8.42 Å². The van der Waals surface area contributed by atoms with Crippen molar-refractivity contribution in [3.63, 3.8) is 0 Å². The van der Waals surface area contributed by atoms with Gasteiger partial charge < -0.3 is 15.7 Å². The standard InChI is InChI=1S/C28H34N4O5S/c1-4-28(5-2)16-23(33)32(26(29)31-28)21-12-13-38(36,37)22-11-10-17(14-20(21)22)25(34)30-24-19-9-7-6-8-18(19)15-27(24,3)35/h6-11,14,21,24,35H,4-5,12-13,15-16H2,1-3H3,(H2,29,31)(H,30,34)/t21-,24+,27-/m0/s1. The largest absolute Gasteiger partial charge is 0.387 e. The summed E-state index contributed by atoms with van der Waals surface area (Å²) >= 11 is 0. The number of carbonyl (C=O) groups is 2. The van der Waals surface area contributed by atoms with Crippen molar-refractivity contribution >= 4 is 27.6 Å². The minimum absolute atomic E-state index is 0.0475. The fraction of sp³-hybridized carbons (Fsp3) is 0.464. The van der Waals surface area contributed by atoms with Gasteiger partial charge in [-0.3, -0.25) is 19.9 Å². The second-order valence-corrected chi connectivity index (χ2v) is 13.0. The maximum absolute atomic E-state index is 13.4. The van der Waals surface area contributed by atoms with Crippen LogP contribution in [0.4, 0.5) is 0 Å². The molecule has 5 rings (SSSR count). The van der Waals surface area contributed by atoms with E-state index in [0.29, 0.717) is 24.8 Å². The third kappa shape index (κ3) is 4.29. The van der Waals surface area contributed by atoms with Gasteiger partial charge in [0.15, 0.2) is 15.8 Å². The lowest BCUT2D eigenvalue weighted by atomic mass is 9.86. The summed E-state index contributed by atoms with van der Waals surface area (Å²) in [5.74, 6) is -0.887. The molecule has 1 fully saturated rings. The van der Waals surface area contributed by atoms with Crippen molar-refractivity contribution in [1.82, 2.24) is 15.5 Å². The molecule has 1 saturated heterocycles. The summed E-state index contributed by atoms with van der Waals surface area (Å²) in [6, 6.07) is 10.6. The minimum Gasteiger partial charge on any atom is -0.387 e. The number of benzene rings is 2. The Morgan fingerprint density at radius 3 is 2.55 bits per heavy atom. The molecule has 2 amide bonds. The molecule has 202 valence electrons. The van der Waals surface area contributed by atoms with Crippen molar-refractivity contribution in [2.45, 2.75) is 81.0 Å². The van der Waals surface area contributed by atoms with Crippen LogP contribution in [0.15, 0.2) is 47.4 Å². The van der Waals surface area contributed by atoms with E-state index in [2.05, 4.69) is 10.6 Å². The Morgan fingerprint density at radius 2 is 1.87 bits per heavy atom. The van der Waals surface area contributed by atoms with Crippen molar-refractivity contribution in [3.05, 3.63) is 64.7 Å². The van der Waals surface area contributed by atoms with Gasteiger partial charge in [-0.1, -0.05) is 38.1 Å². The lowest BCUT2D eigenvalue weighted by molar-refractivity contribution is -0.132. The fourth-order valence-electron chi connectivity index (χ4n) is 6.14. The van der Waals surface area contributed by atoms with Crippen LogP contribution in [0.2, 0.25) is 0 Å². The monoisotopic (exact) mass is 538 g/mol. The lowest BCUT2D eigenvalue weighted by Crippen LogP contribution is -2.62. The summed E-state index contributed by atoms with van der Waals surface area (Å²) < 4.78 is 25.9. The number of rotatable bonds is 5. The van der Waals surface area contributed by atoms with Crippen molar-refractivity contribution in [2.75, 3.05) is 5.75 Å². The Balaban J connectivity index is 1.48. The molecular formula is C28H34N4O5S. The third-order valence-corrected chi connectivity index (χ3v) is 10.3. The Labute approximate surface area is 223 Å². The predicted octanol–water partition coefficient (Wildman–Crippen LogP) is 3.00. The van der Waals surface area contributed by atoms with Gasteiger partial charge in [0.2, 0.25) is 5.91 Å². The first-order valence-corrected chi connectivity index (χ1v) is 14.7. The summed E-state index contributed by atoms with van der Waals surface area (Å²) in [7, 11) is -3.60. The van der Waals surface area contributed by atoms with E-state index in [0.717, 1.165) is 11.1 Å². The van der Waals surface area contributed by atoms with Crippen LogP contribution in [0.1, 0.15) is 85.6 Å². The number of carbonyl (C=O) groups excluding carboxylic acids is 2. The number of nitrogens with one attached hydrogen (secondary N) is 3. The number of aliphatic hydroxyl groups is 1. The van der Waals surface area contributed by atoms with E-state index in [9.17, 15) is 23.1 Å². The number of hydrogen-bond acceptors (Lipinski definition) is 6. The van der Waals surface area contributed by atoms with E-state index in [4.69, 9.17) is 5.41 Å². The van der Waals surface area contributed by atoms with Crippen molar-refractivity contribution in [1.29, 1.82) is 5.41 Å². The molecule has 2 aliphatic heterocycles. The Hall–Kier alpha value is -3.24. The molecule has 2 heterocycles. The van der Waals surface area contributed by atoms with E-state index in [1.807, 2.05) is 38.1 Å². The zero-order valence-electron chi connectivity index (χ0n) is 21.9. The van der Waals surface area contributed by atoms with Gasteiger partial charge in [-0.2, -0.15) is 0 Å². The fourth-order valence-corrected chi connectivity index (χ4v) is 7.73. The van der Waals surface area contributed by atoms with Crippen LogP contribution in [-0.4, -0.2) is 53.1 Å². The number of sulfone groups is 1. The zero-order chi connectivity index (χ0) is 27.5. The molecule has 0 bridgehead atoms. The molecule has 2 aromatic carbocycles. The molecule has 38 heavy (non-hydrogen) atoms.